The predicted octanol–water partition coefficient (Wildman–Crippen LogP) is 4.35. The van der Waals surface area contributed by atoms with Gasteiger partial charge in [0, 0.05) is 15.4 Å². The summed E-state index contributed by atoms with van der Waals surface area (Å²) in [5, 5.41) is 0.765. The van der Waals surface area contributed by atoms with E-state index in [1.807, 2.05) is 12.1 Å². The van der Waals surface area contributed by atoms with E-state index in [9.17, 15) is 9.59 Å². The molecule has 0 spiro atoms. The molecule has 0 fully saturated rings. The molecule has 0 N–H and O–H groups in total. The van der Waals surface area contributed by atoms with Crippen molar-refractivity contribution in [3.8, 4) is 5.75 Å². The molecule has 2 aromatic carbocycles. The van der Waals surface area contributed by atoms with Crippen LogP contribution in [0.5, 0.6) is 5.75 Å². The molecule has 0 amide bonds. The van der Waals surface area contributed by atoms with Crippen LogP contribution >= 0.6 is 15.9 Å². The number of carbonyl (C=O) groups excluding carboxylic acids is 2. The average Bonchev–Trinajstić information content (AvgIpc) is 2.65. The molecule has 5 nitrogen and oxygen atoms in total. The number of halogens is 1. The number of rotatable bonds is 5. The number of ether oxygens (including phenoxy) is 2. The van der Waals surface area contributed by atoms with Gasteiger partial charge in [-0.3, -0.25) is 9.78 Å². The van der Waals surface area contributed by atoms with E-state index in [2.05, 4.69) is 20.9 Å². The van der Waals surface area contributed by atoms with Gasteiger partial charge in [-0.2, -0.15) is 0 Å². The lowest BCUT2D eigenvalue weighted by Gasteiger charge is -2.09. The smallest absolute Gasteiger partial charge is 0.340 e. The first-order valence-corrected chi connectivity index (χ1v) is 8.68. The van der Waals surface area contributed by atoms with Crippen molar-refractivity contribution >= 4 is 38.6 Å². The first kappa shape index (κ1) is 18.1. The second-order valence-electron chi connectivity index (χ2n) is 5.69. The molecule has 1 aromatic heterocycles. The molecule has 132 valence electrons. The van der Waals surface area contributed by atoms with Gasteiger partial charge >= 0.3 is 5.97 Å². The zero-order valence-corrected chi connectivity index (χ0v) is 15.9. The summed E-state index contributed by atoms with van der Waals surface area (Å²) in [6.45, 7) is 1.41. The Morgan fingerprint density at radius 3 is 2.50 bits per heavy atom. The summed E-state index contributed by atoms with van der Waals surface area (Å²) in [5.74, 6) is -0.169. The molecule has 0 bridgehead atoms. The van der Waals surface area contributed by atoms with Crippen LogP contribution in [0.1, 0.15) is 26.4 Å². The fourth-order valence-corrected chi connectivity index (χ4v) is 2.78. The second kappa shape index (κ2) is 7.66. The van der Waals surface area contributed by atoms with E-state index in [0.29, 0.717) is 22.6 Å². The maximum Gasteiger partial charge on any atom is 0.340 e. The number of methoxy groups -OCH3 is 1. The van der Waals surface area contributed by atoms with Crippen molar-refractivity contribution in [3.63, 3.8) is 0 Å². The SMILES string of the molecule is COc1ccc2nc(C)c(C(=O)OCC(=O)c3ccc(Br)cc3)cc2c1. The molecule has 0 radical (unpaired) electrons. The van der Waals surface area contributed by atoms with Gasteiger partial charge in [0.25, 0.3) is 0 Å². The van der Waals surface area contributed by atoms with E-state index < -0.39 is 5.97 Å². The van der Waals surface area contributed by atoms with E-state index >= 15 is 0 Å². The van der Waals surface area contributed by atoms with Gasteiger partial charge in [-0.25, -0.2) is 4.79 Å². The van der Waals surface area contributed by atoms with Crippen molar-refractivity contribution in [3.05, 3.63) is 69.8 Å². The molecule has 6 heteroatoms. The molecule has 3 rings (SSSR count). The number of ketones is 1. The Balaban J connectivity index is 1.77. The Morgan fingerprint density at radius 2 is 1.81 bits per heavy atom. The first-order valence-electron chi connectivity index (χ1n) is 7.89. The number of fused-ring (bicyclic) bond motifs is 1. The lowest BCUT2D eigenvalue weighted by molar-refractivity contribution is 0.0473. The molecule has 0 aliphatic rings. The standard InChI is InChI=1S/C20H16BrNO4/c1-12-17(10-14-9-16(25-2)7-8-18(14)22-12)20(24)26-11-19(23)13-3-5-15(21)6-4-13/h3-10H,11H2,1-2H3. The van der Waals surface area contributed by atoms with Crippen molar-refractivity contribution in [2.75, 3.05) is 13.7 Å². The number of hydrogen-bond donors (Lipinski definition) is 0. The van der Waals surface area contributed by atoms with Crippen LogP contribution in [-0.2, 0) is 4.74 Å². The molecule has 0 saturated carbocycles. The Bertz CT molecular complexity index is 983. The molecular weight excluding hydrogens is 398 g/mol. The topological polar surface area (TPSA) is 65.5 Å². The summed E-state index contributed by atoms with van der Waals surface area (Å²) in [6, 6.07) is 14.0. The van der Waals surface area contributed by atoms with Gasteiger partial charge in [-0.1, -0.05) is 28.1 Å². The summed E-state index contributed by atoms with van der Waals surface area (Å²) in [4.78, 5) is 29.0. The number of aromatic nitrogens is 1. The van der Waals surface area contributed by atoms with Crippen LogP contribution in [0.25, 0.3) is 10.9 Å². The van der Waals surface area contributed by atoms with Crippen LogP contribution in [-0.4, -0.2) is 30.5 Å². The molecular formula is C20H16BrNO4. The van der Waals surface area contributed by atoms with Crippen molar-refractivity contribution in [1.29, 1.82) is 0 Å². The van der Waals surface area contributed by atoms with Gasteiger partial charge in [0.05, 0.1) is 23.9 Å². The van der Waals surface area contributed by atoms with Crippen LogP contribution < -0.4 is 4.74 Å². The molecule has 3 aromatic rings. The lowest BCUT2D eigenvalue weighted by Crippen LogP contribution is -2.15. The van der Waals surface area contributed by atoms with Gasteiger partial charge < -0.3 is 9.47 Å². The Morgan fingerprint density at radius 1 is 1.08 bits per heavy atom. The van der Waals surface area contributed by atoms with Crippen molar-refractivity contribution in [1.82, 2.24) is 4.98 Å². The summed E-state index contributed by atoms with van der Waals surface area (Å²) >= 11 is 3.31. The number of aryl methyl sites for hydroxylation is 1. The number of benzene rings is 2. The highest BCUT2D eigenvalue weighted by atomic mass is 79.9. The Kier molecular flexibility index (Phi) is 5.32. The van der Waals surface area contributed by atoms with E-state index in [1.54, 1.807) is 50.4 Å². The summed E-state index contributed by atoms with van der Waals surface area (Å²) in [5.41, 5.74) is 2.11. The molecule has 0 saturated heterocycles. The van der Waals surface area contributed by atoms with Crippen LogP contribution in [0.15, 0.2) is 53.0 Å². The minimum atomic E-state index is -0.579. The predicted molar refractivity (Wildman–Crippen MR) is 102 cm³/mol. The van der Waals surface area contributed by atoms with E-state index in [4.69, 9.17) is 9.47 Å². The minimum Gasteiger partial charge on any atom is -0.497 e. The second-order valence-corrected chi connectivity index (χ2v) is 6.60. The number of nitrogens with zero attached hydrogens (tertiary/aromatic N) is 1. The van der Waals surface area contributed by atoms with Gasteiger partial charge in [-0.05, 0) is 43.3 Å². The third-order valence-electron chi connectivity index (χ3n) is 3.93. The van der Waals surface area contributed by atoms with Gasteiger partial charge in [0.2, 0.25) is 0 Å². The highest BCUT2D eigenvalue weighted by Crippen LogP contribution is 2.22. The third kappa shape index (κ3) is 3.91. The molecule has 0 unspecified atom stereocenters. The fourth-order valence-electron chi connectivity index (χ4n) is 2.51. The maximum atomic E-state index is 12.4. The molecule has 0 aliphatic heterocycles. The molecule has 0 atom stereocenters. The van der Waals surface area contributed by atoms with Crippen LogP contribution in [0.4, 0.5) is 0 Å². The normalized spacial score (nSPS) is 10.6. The van der Waals surface area contributed by atoms with E-state index in [0.717, 1.165) is 15.4 Å². The van der Waals surface area contributed by atoms with Gasteiger partial charge in [0.15, 0.2) is 12.4 Å². The van der Waals surface area contributed by atoms with E-state index in [1.165, 1.54) is 0 Å². The third-order valence-corrected chi connectivity index (χ3v) is 4.46. The summed E-state index contributed by atoms with van der Waals surface area (Å²) < 4.78 is 11.3. The molecule has 0 aliphatic carbocycles. The van der Waals surface area contributed by atoms with Crippen LogP contribution in [0.3, 0.4) is 0 Å². The van der Waals surface area contributed by atoms with Crippen molar-refractivity contribution in [2.24, 2.45) is 0 Å². The number of Topliss-reactive ketones (excluding diaryl/α,β-unsaturated/α-hetero) is 1. The number of pyridine rings is 1. The molecule has 1 heterocycles. The van der Waals surface area contributed by atoms with Gasteiger partial charge in [0.1, 0.15) is 5.75 Å². The lowest BCUT2D eigenvalue weighted by atomic mass is 10.1. The van der Waals surface area contributed by atoms with Crippen LogP contribution in [0.2, 0.25) is 0 Å². The highest BCUT2D eigenvalue weighted by molar-refractivity contribution is 9.10. The monoisotopic (exact) mass is 413 g/mol. The Hall–Kier alpha value is -2.73. The minimum absolute atomic E-state index is 0.265. The van der Waals surface area contributed by atoms with E-state index in [-0.39, 0.29) is 12.4 Å². The average molecular weight is 414 g/mol. The molecule has 26 heavy (non-hydrogen) atoms. The van der Waals surface area contributed by atoms with Gasteiger partial charge in [-0.15, -0.1) is 0 Å². The first-order chi connectivity index (χ1) is 12.5. The maximum absolute atomic E-state index is 12.4. The summed E-state index contributed by atoms with van der Waals surface area (Å²) in [7, 11) is 1.58. The van der Waals surface area contributed by atoms with Crippen LogP contribution in [0, 0.1) is 6.92 Å². The fraction of sp³-hybridized carbons (Fsp3) is 0.150. The number of carbonyl (C=O) groups is 2. The zero-order chi connectivity index (χ0) is 18.7. The Labute approximate surface area is 159 Å². The highest BCUT2D eigenvalue weighted by Gasteiger charge is 2.16. The zero-order valence-electron chi connectivity index (χ0n) is 14.3. The number of hydrogen-bond acceptors (Lipinski definition) is 5. The van der Waals surface area contributed by atoms with Crippen molar-refractivity contribution < 1.29 is 19.1 Å². The quantitative estimate of drug-likeness (QED) is 0.459. The number of esters is 1. The van der Waals surface area contributed by atoms with Crippen molar-refractivity contribution in [2.45, 2.75) is 6.92 Å². The summed E-state index contributed by atoms with van der Waals surface area (Å²) in [6.07, 6.45) is 0. The largest absolute Gasteiger partial charge is 0.497 e.